The largest absolute Gasteiger partial charge is 0.324 e. The van der Waals surface area contributed by atoms with Gasteiger partial charge in [-0.15, -0.1) is 10.2 Å². The molecule has 2 rings (SSSR count). The van der Waals surface area contributed by atoms with Gasteiger partial charge in [0, 0.05) is 0 Å². The Hall–Kier alpha value is -2.66. The van der Waals surface area contributed by atoms with Crippen molar-refractivity contribution in [2.24, 2.45) is 0 Å². The highest BCUT2D eigenvalue weighted by Crippen LogP contribution is 2.20. The summed E-state index contributed by atoms with van der Waals surface area (Å²) in [5, 5.41) is 19.0. The van der Waals surface area contributed by atoms with Gasteiger partial charge in [-0.3, -0.25) is 14.6 Å². The van der Waals surface area contributed by atoms with E-state index in [2.05, 4.69) is 20.5 Å². The molecule has 2 aromatic rings. The SMILES string of the molecule is Cc1nnc(S[C@@H](C)C(=O)Nc2ccccc2C#N)[nH]c1=O. The molecule has 0 saturated carbocycles. The molecule has 0 unspecified atom stereocenters. The predicted octanol–water partition coefficient (Wildman–Crippen LogP) is 1.46. The van der Waals surface area contributed by atoms with E-state index in [4.69, 9.17) is 5.26 Å². The van der Waals surface area contributed by atoms with Crippen molar-refractivity contribution in [1.82, 2.24) is 15.2 Å². The summed E-state index contributed by atoms with van der Waals surface area (Å²) in [5.41, 5.74) is 0.770. The maximum absolute atomic E-state index is 12.2. The van der Waals surface area contributed by atoms with Gasteiger partial charge in [0.2, 0.25) is 5.91 Å². The summed E-state index contributed by atoms with van der Waals surface area (Å²) in [7, 11) is 0. The van der Waals surface area contributed by atoms with Gasteiger partial charge in [0.15, 0.2) is 5.16 Å². The van der Waals surface area contributed by atoms with Crippen LogP contribution in [0.3, 0.4) is 0 Å². The maximum Gasteiger partial charge on any atom is 0.273 e. The molecule has 8 heteroatoms. The van der Waals surface area contributed by atoms with Crippen LogP contribution in [0.5, 0.6) is 0 Å². The number of benzene rings is 1. The van der Waals surface area contributed by atoms with Crippen LogP contribution < -0.4 is 10.9 Å². The van der Waals surface area contributed by atoms with E-state index in [0.717, 1.165) is 11.8 Å². The number of aromatic nitrogens is 3. The van der Waals surface area contributed by atoms with Gasteiger partial charge in [-0.2, -0.15) is 5.26 Å². The number of hydrogen-bond donors (Lipinski definition) is 2. The lowest BCUT2D eigenvalue weighted by molar-refractivity contribution is -0.115. The average molecular weight is 315 g/mol. The smallest absolute Gasteiger partial charge is 0.273 e. The molecule has 0 radical (unpaired) electrons. The predicted molar refractivity (Wildman–Crippen MR) is 82.5 cm³/mol. The summed E-state index contributed by atoms with van der Waals surface area (Å²) in [6, 6.07) is 8.74. The summed E-state index contributed by atoms with van der Waals surface area (Å²) < 4.78 is 0. The fourth-order valence-electron chi connectivity index (χ4n) is 1.58. The molecule has 0 fully saturated rings. The molecule has 1 amide bonds. The molecule has 2 N–H and O–H groups in total. The number of rotatable bonds is 4. The molecule has 0 saturated heterocycles. The number of H-pyrrole nitrogens is 1. The number of nitrogens with one attached hydrogen (secondary N) is 2. The molecule has 1 aromatic carbocycles. The molecule has 112 valence electrons. The van der Waals surface area contributed by atoms with Crippen molar-refractivity contribution in [3.05, 3.63) is 45.9 Å². The lowest BCUT2D eigenvalue weighted by atomic mass is 10.2. The van der Waals surface area contributed by atoms with Crippen LogP contribution in [0, 0.1) is 18.3 Å². The first-order chi connectivity index (χ1) is 10.5. The van der Waals surface area contributed by atoms with Crippen molar-refractivity contribution in [3.8, 4) is 6.07 Å². The summed E-state index contributed by atoms with van der Waals surface area (Å²) in [4.78, 5) is 26.2. The summed E-state index contributed by atoms with van der Waals surface area (Å²) in [6.45, 7) is 3.23. The van der Waals surface area contributed by atoms with E-state index in [9.17, 15) is 9.59 Å². The first-order valence-corrected chi connectivity index (χ1v) is 7.29. The van der Waals surface area contributed by atoms with Gasteiger partial charge in [-0.25, -0.2) is 0 Å². The van der Waals surface area contributed by atoms with Crippen molar-refractivity contribution >= 4 is 23.4 Å². The van der Waals surface area contributed by atoms with Crippen LogP contribution in [0.15, 0.2) is 34.2 Å². The summed E-state index contributed by atoms with van der Waals surface area (Å²) in [5.74, 6) is -0.295. The average Bonchev–Trinajstić information content (AvgIpc) is 2.51. The third-order valence-electron chi connectivity index (χ3n) is 2.80. The highest BCUT2D eigenvalue weighted by atomic mass is 32.2. The number of amides is 1. The van der Waals surface area contributed by atoms with E-state index < -0.39 is 5.25 Å². The first-order valence-electron chi connectivity index (χ1n) is 6.41. The van der Waals surface area contributed by atoms with Crippen LogP contribution in [0.1, 0.15) is 18.2 Å². The van der Waals surface area contributed by atoms with E-state index >= 15 is 0 Å². The van der Waals surface area contributed by atoms with Gasteiger partial charge in [0.25, 0.3) is 5.56 Å². The van der Waals surface area contributed by atoms with Crippen molar-refractivity contribution in [1.29, 1.82) is 5.26 Å². The van der Waals surface area contributed by atoms with Gasteiger partial charge in [-0.1, -0.05) is 23.9 Å². The number of nitrogens with zero attached hydrogens (tertiary/aromatic N) is 3. The Morgan fingerprint density at radius 3 is 2.82 bits per heavy atom. The van der Waals surface area contributed by atoms with Gasteiger partial charge in [0.05, 0.1) is 16.5 Å². The Morgan fingerprint density at radius 1 is 1.41 bits per heavy atom. The normalized spacial score (nSPS) is 11.5. The van der Waals surface area contributed by atoms with Crippen molar-refractivity contribution in [2.45, 2.75) is 24.3 Å². The molecule has 1 aromatic heterocycles. The second-order valence-corrected chi connectivity index (χ2v) is 5.78. The fraction of sp³-hybridized carbons (Fsp3) is 0.214. The van der Waals surface area contributed by atoms with Gasteiger partial charge >= 0.3 is 0 Å². The number of thioether (sulfide) groups is 1. The zero-order valence-corrected chi connectivity index (χ0v) is 12.8. The number of anilines is 1. The van der Waals surface area contributed by atoms with Crippen LogP contribution in [-0.4, -0.2) is 26.3 Å². The summed E-state index contributed by atoms with van der Waals surface area (Å²) >= 11 is 1.08. The standard InChI is InChI=1S/C14H13N5O2S/c1-8-12(20)17-14(19-18-8)22-9(2)13(21)16-11-6-4-3-5-10(11)7-15/h3-6,9H,1-2H3,(H,16,21)(H,17,19,20)/t9-/m0/s1. The third kappa shape index (κ3) is 3.71. The maximum atomic E-state index is 12.2. The fourth-order valence-corrected chi connectivity index (χ4v) is 2.32. The lowest BCUT2D eigenvalue weighted by Gasteiger charge is -2.11. The molecule has 0 aliphatic heterocycles. The minimum Gasteiger partial charge on any atom is -0.324 e. The Morgan fingerprint density at radius 2 is 2.14 bits per heavy atom. The van der Waals surface area contributed by atoms with E-state index in [1.165, 1.54) is 0 Å². The number of nitriles is 1. The number of aryl methyl sites for hydroxylation is 1. The zero-order chi connectivity index (χ0) is 16.1. The number of para-hydroxylation sites is 1. The number of aromatic amines is 1. The highest BCUT2D eigenvalue weighted by molar-refractivity contribution is 8.00. The first kappa shape index (κ1) is 15.7. The molecule has 1 atom stereocenters. The third-order valence-corrected chi connectivity index (χ3v) is 3.78. The Balaban J connectivity index is 2.08. The molecule has 22 heavy (non-hydrogen) atoms. The summed E-state index contributed by atoms with van der Waals surface area (Å²) in [6.07, 6.45) is 0. The monoisotopic (exact) mass is 315 g/mol. The van der Waals surface area contributed by atoms with E-state index in [0.29, 0.717) is 11.3 Å². The van der Waals surface area contributed by atoms with Gasteiger partial charge in [-0.05, 0) is 26.0 Å². The van der Waals surface area contributed by atoms with Gasteiger partial charge < -0.3 is 5.32 Å². The second kappa shape index (κ2) is 6.87. The Labute approximate surface area is 130 Å². The van der Waals surface area contributed by atoms with Crippen LogP contribution >= 0.6 is 11.8 Å². The van der Waals surface area contributed by atoms with Crippen LogP contribution in [0.4, 0.5) is 5.69 Å². The van der Waals surface area contributed by atoms with E-state index in [1.807, 2.05) is 6.07 Å². The van der Waals surface area contributed by atoms with E-state index in [1.54, 1.807) is 38.1 Å². The van der Waals surface area contributed by atoms with Crippen LogP contribution in [0.25, 0.3) is 0 Å². The number of carbonyl (C=O) groups is 1. The van der Waals surface area contributed by atoms with Crippen molar-refractivity contribution in [3.63, 3.8) is 0 Å². The molecule has 7 nitrogen and oxygen atoms in total. The minimum absolute atomic E-state index is 0.268. The zero-order valence-electron chi connectivity index (χ0n) is 12.0. The van der Waals surface area contributed by atoms with Crippen molar-refractivity contribution < 1.29 is 4.79 Å². The Kier molecular flexibility index (Phi) is 4.91. The number of hydrogen-bond acceptors (Lipinski definition) is 6. The quantitative estimate of drug-likeness (QED) is 0.826. The van der Waals surface area contributed by atoms with E-state index in [-0.39, 0.29) is 22.3 Å². The number of carbonyl (C=O) groups excluding carboxylic acids is 1. The van der Waals surface area contributed by atoms with Crippen LogP contribution in [0.2, 0.25) is 0 Å². The van der Waals surface area contributed by atoms with Crippen LogP contribution in [-0.2, 0) is 4.79 Å². The van der Waals surface area contributed by atoms with Crippen molar-refractivity contribution in [2.75, 3.05) is 5.32 Å². The lowest BCUT2D eigenvalue weighted by Crippen LogP contribution is -2.24. The molecule has 1 heterocycles. The minimum atomic E-state index is -0.514. The second-order valence-electron chi connectivity index (χ2n) is 4.45. The molecular formula is C14H13N5O2S. The molecule has 0 spiro atoms. The van der Waals surface area contributed by atoms with Gasteiger partial charge in [0.1, 0.15) is 11.8 Å². The molecule has 0 aliphatic rings. The molecule has 0 aliphatic carbocycles. The molecule has 0 bridgehead atoms. The topological polar surface area (TPSA) is 112 Å². The Bertz CT molecular complexity index is 796. The highest BCUT2D eigenvalue weighted by Gasteiger charge is 2.17. The molecular weight excluding hydrogens is 302 g/mol.